The van der Waals surface area contributed by atoms with Crippen molar-refractivity contribution in [2.45, 2.75) is 102 Å². The zero-order valence-electron chi connectivity index (χ0n) is 24.7. The van der Waals surface area contributed by atoms with Crippen molar-refractivity contribution in [3.8, 4) is 5.75 Å². The molecule has 2 fully saturated rings. The number of halogens is 6. The molecule has 0 saturated heterocycles. The molecule has 0 heterocycles. The summed E-state index contributed by atoms with van der Waals surface area (Å²) >= 11 is 1.42. The Morgan fingerprint density at radius 3 is 2.50 bits per heavy atom. The highest BCUT2D eigenvalue weighted by molar-refractivity contribution is 7.99. The molecule has 6 atom stereocenters. The number of hydrogen-bond acceptors (Lipinski definition) is 4. The van der Waals surface area contributed by atoms with Gasteiger partial charge in [0.1, 0.15) is 17.7 Å². The summed E-state index contributed by atoms with van der Waals surface area (Å²) < 4.78 is 78.4. The number of ketones is 1. The maximum absolute atomic E-state index is 15.8. The third kappa shape index (κ3) is 7.44. The molecule has 3 aliphatic carbocycles. The predicted molar refractivity (Wildman–Crippen MR) is 155 cm³/mol. The SMILES string of the molecule is CN(CCCCC[C@@H]1Cc2cc(O)ccc2[C@@H]2[C@@H]1[C@@H]1CCC(=O)[C@@]1(C)C[C@@H]2F)CCCSCCCC(F)(F)C(F)(F)F. The lowest BCUT2D eigenvalue weighted by atomic mass is 9.51. The minimum atomic E-state index is -5.47. The number of rotatable bonds is 14. The van der Waals surface area contributed by atoms with Crippen molar-refractivity contribution in [3.63, 3.8) is 0 Å². The molecular formula is C32H45F6NO2S. The average molecular weight is 622 g/mol. The molecule has 0 spiro atoms. The van der Waals surface area contributed by atoms with E-state index in [9.17, 15) is 31.9 Å². The number of alkyl halides is 6. The molecule has 2 saturated carbocycles. The van der Waals surface area contributed by atoms with Crippen LogP contribution in [0, 0.1) is 23.2 Å². The van der Waals surface area contributed by atoms with Crippen molar-refractivity contribution in [1.82, 2.24) is 4.90 Å². The lowest BCUT2D eigenvalue weighted by molar-refractivity contribution is -0.284. The number of carbonyl (C=O) groups is 1. The molecule has 4 rings (SSSR count). The third-order valence-electron chi connectivity index (χ3n) is 10.2. The minimum Gasteiger partial charge on any atom is -0.508 e. The van der Waals surface area contributed by atoms with Crippen molar-refractivity contribution in [2.75, 3.05) is 31.6 Å². The van der Waals surface area contributed by atoms with E-state index < -0.39 is 30.1 Å². The van der Waals surface area contributed by atoms with Crippen molar-refractivity contribution in [2.24, 2.45) is 23.2 Å². The van der Waals surface area contributed by atoms with E-state index in [2.05, 4.69) is 4.90 Å². The molecule has 3 aliphatic rings. The molecular weight excluding hydrogens is 576 g/mol. The van der Waals surface area contributed by atoms with Crippen LogP contribution in [0.3, 0.4) is 0 Å². The Labute approximate surface area is 250 Å². The monoisotopic (exact) mass is 621 g/mol. The van der Waals surface area contributed by atoms with Gasteiger partial charge in [-0.15, -0.1) is 0 Å². The van der Waals surface area contributed by atoms with Crippen molar-refractivity contribution in [3.05, 3.63) is 29.3 Å². The molecule has 1 aromatic carbocycles. The second-order valence-corrected chi connectivity index (χ2v) is 14.3. The van der Waals surface area contributed by atoms with E-state index in [4.69, 9.17) is 0 Å². The van der Waals surface area contributed by atoms with Gasteiger partial charge in [-0.05, 0) is 118 Å². The summed E-state index contributed by atoms with van der Waals surface area (Å²) in [6.45, 7) is 3.74. The van der Waals surface area contributed by atoms with Crippen LogP contribution in [0.4, 0.5) is 26.3 Å². The normalized spacial score (nSPS) is 29.5. The lowest BCUT2D eigenvalue weighted by Crippen LogP contribution is -2.50. The van der Waals surface area contributed by atoms with Crippen molar-refractivity contribution < 1.29 is 36.2 Å². The molecule has 0 radical (unpaired) electrons. The molecule has 0 unspecified atom stereocenters. The average Bonchev–Trinajstić information content (AvgIpc) is 3.20. The van der Waals surface area contributed by atoms with Gasteiger partial charge in [0.05, 0.1) is 0 Å². The van der Waals surface area contributed by atoms with Gasteiger partial charge in [0.25, 0.3) is 0 Å². The number of hydrogen-bond donors (Lipinski definition) is 1. The number of nitrogens with zero attached hydrogens (tertiary/aromatic N) is 1. The van der Waals surface area contributed by atoms with E-state index >= 15 is 4.39 Å². The number of phenolic OH excluding ortho intramolecular Hbond substituents is 1. The van der Waals surface area contributed by atoms with E-state index in [0.717, 1.165) is 74.9 Å². The van der Waals surface area contributed by atoms with Gasteiger partial charge in [0.15, 0.2) is 0 Å². The van der Waals surface area contributed by atoms with E-state index in [1.54, 1.807) is 12.1 Å². The maximum atomic E-state index is 15.8. The molecule has 10 heteroatoms. The number of phenols is 1. The standard InChI is InChI=1S/C32H45F6NO2S/c1-30-20-26(33)29-24-10-9-23(40)19-22(24)18-21(28(29)25(30)11-12-27(30)41)8-4-3-5-14-39(2)15-7-17-42-16-6-13-31(34,35)32(36,37)38/h9-10,19,21,25-26,28-29,40H,3-8,11-18,20H2,1-2H3/t21-,25+,26+,28+,29+,30+/m1/s1. The topological polar surface area (TPSA) is 40.5 Å². The quantitative estimate of drug-likeness (QED) is 0.167. The molecule has 3 nitrogen and oxygen atoms in total. The summed E-state index contributed by atoms with van der Waals surface area (Å²) in [4.78, 5) is 15.1. The molecule has 0 aliphatic heterocycles. The van der Waals surface area contributed by atoms with E-state index in [1.165, 1.54) is 11.8 Å². The summed E-state index contributed by atoms with van der Waals surface area (Å²) in [6.07, 6.45) is -0.478. The Morgan fingerprint density at radius 1 is 1.05 bits per heavy atom. The fourth-order valence-electron chi connectivity index (χ4n) is 7.99. The van der Waals surface area contributed by atoms with Gasteiger partial charge >= 0.3 is 12.1 Å². The lowest BCUT2D eigenvalue weighted by Gasteiger charge is -2.53. The number of Topliss-reactive ketones (excluding diaryl/α,β-unsaturated/α-hetero) is 1. The van der Waals surface area contributed by atoms with Gasteiger partial charge < -0.3 is 10.0 Å². The first kappa shape index (κ1) is 33.5. The van der Waals surface area contributed by atoms with E-state index in [-0.39, 0.29) is 41.6 Å². The molecule has 238 valence electrons. The number of fused-ring (bicyclic) bond motifs is 5. The predicted octanol–water partition coefficient (Wildman–Crippen LogP) is 8.58. The molecule has 42 heavy (non-hydrogen) atoms. The molecule has 0 bridgehead atoms. The largest absolute Gasteiger partial charge is 0.508 e. The summed E-state index contributed by atoms with van der Waals surface area (Å²) in [5.74, 6) is -2.75. The Hall–Kier alpha value is -1.42. The van der Waals surface area contributed by atoms with Crippen LogP contribution < -0.4 is 0 Å². The Balaban J connectivity index is 1.19. The summed E-state index contributed by atoms with van der Waals surface area (Å²) in [6, 6.07) is 5.35. The van der Waals surface area contributed by atoms with Crippen LogP contribution in [0.1, 0.15) is 88.2 Å². The van der Waals surface area contributed by atoms with E-state index in [1.807, 2.05) is 20.0 Å². The van der Waals surface area contributed by atoms with Gasteiger partial charge in [-0.1, -0.05) is 25.8 Å². The first-order chi connectivity index (χ1) is 19.7. The Morgan fingerprint density at radius 2 is 1.76 bits per heavy atom. The number of benzene rings is 1. The molecule has 0 amide bonds. The van der Waals surface area contributed by atoms with Crippen LogP contribution in [-0.2, 0) is 11.2 Å². The second kappa shape index (κ2) is 13.7. The number of aromatic hydroxyl groups is 1. The minimum absolute atomic E-state index is 0.141. The number of carbonyl (C=O) groups excluding carboxylic acids is 1. The van der Waals surface area contributed by atoms with Gasteiger partial charge in [0, 0.05) is 24.2 Å². The summed E-state index contributed by atoms with van der Waals surface area (Å²) in [5.41, 5.74) is 1.49. The van der Waals surface area contributed by atoms with Crippen LogP contribution in [0.25, 0.3) is 0 Å². The Bertz CT molecular complexity index is 1070. The highest BCUT2D eigenvalue weighted by Crippen LogP contribution is 2.62. The van der Waals surface area contributed by atoms with Gasteiger partial charge in [0.2, 0.25) is 0 Å². The zero-order chi connectivity index (χ0) is 30.7. The van der Waals surface area contributed by atoms with Gasteiger partial charge in [-0.25, -0.2) is 4.39 Å². The number of thioether (sulfide) groups is 1. The second-order valence-electron chi connectivity index (χ2n) is 13.1. The fourth-order valence-corrected chi connectivity index (χ4v) is 8.87. The summed E-state index contributed by atoms with van der Waals surface area (Å²) in [7, 11) is 2.03. The van der Waals surface area contributed by atoms with Crippen molar-refractivity contribution >= 4 is 17.5 Å². The molecule has 1 aromatic rings. The van der Waals surface area contributed by atoms with Crippen LogP contribution in [0.5, 0.6) is 5.75 Å². The first-order valence-electron chi connectivity index (χ1n) is 15.4. The van der Waals surface area contributed by atoms with Crippen molar-refractivity contribution in [1.29, 1.82) is 0 Å². The highest BCUT2D eigenvalue weighted by atomic mass is 32.2. The van der Waals surface area contributed by atoms with Gasteiger partial charge in [-0.2, -0.15) is 33.7 Å². The molecule has 1 N–H and O–H groups in total. The van der Waals surface area contributed by atoms with Crippen LogP contribution >= 0.6 is 11.8 Å². The Kier molecular flexibility index (Phi) is 10.9. The smallest absolute Gasteiger partial charge is 0.453 e. The van der Waals surface area contributed by atoms with E-state index in [0.29, 0.717) is 18.6 Å². The highest BCUT2D eigenvalue weighted by Gasteiger charge is 2.60. The number of unbranched alkanes of at least 4 members (excludes halogenated alkanes) is 2. The fraction of sp³-hybridized carbons (Fsp3) is 0.781. The van der Waals surface area contributed by atoms with Crippen LogP contribution in [0.15, 0.2) is 18.2 Å². The zero-order valence-corrected chi connectivity index (χ0v) is 25.5. The van der Waals surface area contributed by atoms with Gasteiger partial charge in [-0.3, -0.25) is 4.79 Å². The molecule has 0 aromatic heterocycles. The first-order valence-corrected chi connectivity index (χ1v) is 16.6. The summed E-state index contributed by atoms with van der Waals surface area (Å²) in [5, 5.41) is 10.1. The maximum Gasteiger partial charge on any atom is 0.453 e. The van der Waals surface area contributed by atoms with Crippen LogP contribution in [-0.4, -0.2) is 65.7 Å². The van der Waals surface area contributed by atoms with Crippen LogP contribution in [0.2, 0.25) is 0 Å². The third-order valence-corrected chi connectivity index (χ3v) is 11.3.